The number of carbonyl (C=O) groups excluding carboxylic acids is 3. The van der Waals surface area contributed by atoms with Crippen LogP contribution in [0.2, 0.25) is 0 Å². The summed E-state index contributed by atoms with van der Waals surface area (Å²) in [5.74, 6) is -4.77. The number of unbranched alkanes of at least 4 members (excludes halogenated alkanes) is 3. The van der Waals surface area contributed by atoms with Gasteiger partial charge >= 0.3 is 5.97 Å². The Morgan fingerprint density at radius 1 is 0.694 bits per heavy atom. The summed E-state index contributed by atoms with van der Waals surface area (Å²) >= 11 is 0. The van der Waals surface area contributed by atoms with Crippen LogP contribution >= 0.6 is 0 Å². The molecule has 3 N–H and O–H groups in total. The molecule has 3 aromatic carbocycles. The Morgan fingerprint density at radius 2 is 1.16 bits per heavy atom. The fraction of sp³-hybridized carbons (Fsp3) is 0.389. The molecular formula is C36H44N2O9S2. The van der Waals surface area contributed by atoms with Gasteiger partial charge in [0.25, 0.3) is 5.91 Å². The highest BCUT2D eigenvalue weighted by Crippen LogP contribution is 2.23. The lowest BCUT2D eigenvalue weighted by atomic mass is 9.99. The molecule has 264 valence electrons. The zero-order valence-corrected chi connectivity index (χ0v) is 29.4. The third-order valence-corrected chi connectivity index (χ3v) is 11.7. The molecule has 11 nitrogen and oxygen atoms in total. The number of rotatable bonds is 21. The van der Waals surface area contributed by atoms with Gasteiger partial charge in [-0.15, -0.1) is 0 Å². The summed E-state index contributed by atoms with van der Waals surface area (Å²) < 4.78 is 53.4. The fourth-order valence-electron chi connectivity index (χ4n) is 5.13. The van der Waals surface area contributed by atoms with E-state index in [-0.39, 0.29) is 39.7 Å². The Balaban J connectivity index is 1.60. The summed E-state index contributed by atoms with van der Waals surface area (Å²) in [5, 5.41) is 14.6. The third-order valence-electron chi connectivity index (χ3n) is 8.03. The largest absolute Gasteiger partial charge is 0.481 e. The van der Waals surface area contributed by atoms with Gasteiger partial charge in [-0.1, -0.05) is 60.4 Å². The number of Topliss-reactive ketones (excluding diaryl/α,β-unsaturated/α-hetero) is 1. The molecule has 0 heterocycles. The van der Waals surface area contributed by atoms with Crippen molar-refractivity contribution in [1.29, 1.82) is 0 Å². The lowest BCUT2D eigenvalue weighted by Gasteiger charge is -2.17. The molecule has 0 aliphatic rings. The first-order chi connectivity index (χ1) is 23.2. The summed E-state index contributed by atoms with van der Waals surface area (Å²) in [7, 11) is -8.06. The van der Waals surface area contributed by atoms with E-state index in [4.69, 9.17) is 5.11 Å². The Morgan fingerprint density at radius 3 is 1.63 bits per heavy atom. The van der Waals surface area contributed by atoms with E-state index in [0.29, 0.717) is 25.8 Å². The number of hydrogen-bond donors (Lipinski definition) is 3. The molecule has 0 fully saturated rings. The van der Waals surface area contributed by atoms with E-state index in [2.05, 4.69) is 10.6 Å². The molecule has 0 saturated heterocycles. The van der Waals surface area contributed by atoms with Gasteiger partial charge in [-0.25, -0.2) is 16.8 Å². The number of carboxylic acid groups (broad SMARTS) is 1. The van der Waals surface area contributed by atoms with Crippen molar-refractivity contribution in [1.82, 2.24) is 10.6 Å². The lowest BCUT2D eigenvalue weighted by Crippen LogP contribution is -2.31. The molecule has 0 saturated carbocycles. The normalized spacial score (nSPS) is 12.4. The van der Waals surface area contributed by atoms with Crippen molar-refractivity contribution < 1.29 is 41.1 Å². The minimum absolute atomic E-state index is 0.00756. The van der Waals surface area contributed by atoms with E-state index in [1.54, 1.807) is 24.3 Å². The summed E-state index contributed by atoms with van der Waals surface area (Å²) in [4.78, 5) is 48.1. The van der Waals surface area contributed by atoms with E-state index in [1.807, 2.05) is 13.8 Å². The van der Waals surface area contributed by atoms with Crippen LogP contribution in [-0.2, 0) is 29.3 Å². The van der Waals surface area contributed by atoms with Crippen LogP contribution in [0, 0.1) is 19.8 Å². The molecule has 0 bridgehead atoms. The fourth-order valence-corrected chi connectivity index (χ4v) is 8.36. The third kappa shape index (κ3) is 12.6. The molecule has 0 aromatic heterocycles. The molecule has 1 unspecified atom stereocenters. The van der Waals surface area contributed by atoms with Gasteiger partial charge in [0.15, 0.2) is 25.5 Å². The maximum absolute atomic E-state index is 13.7. The molecular weight excluding hydrogens is 669 g/mol. The average Bonchev–Trinajstić information content (AvgIpc) is 3.06. The highest BCUT2D eigenvalue weighted by atomic mass is 32.2. The van der Waals surface area contributed by atoms with Crippen molar-refractivity contribution in [3.63, 3.8) is 0 Å². The first kappa shape index (κ1) is 39.2. The number of amides is 1. The van der Waals surface area contributed by atoms with Crippen LogP contribution in [0.1, 0.15) is 70.4 Å². The number of sulfone groups is 2. The highest BCUT2D eigenvalue weighted by molar-refractivity contribution is 7.92. The van der Waals surface area contributed by atoms with Crippen molar-refractivity contribution in [2.24, 2.45) is 5.92 Å². The minimum atomic E-state index is -4.03. The van der Waals surface area contributed by atoms with Crippen LogP contribution in [-0.4, -0.2) is 76.5 Å². The SMILES string of the molecule is Cc1ccc(S(=O)(=O)CC(CS(=O)(=O)c2ccc(C)cc2)C(=O)c2ccc(C(=O)NCCCCCCNC(C=O)CCC(=O)O)cc2)cc1. The number of hydrogen-bond acceptors (Lipinski definition) is 9. The van der Waals surface area contributed by atoms with Crippen LogP contribution in [0.4, 0.5) is 0 Å². The van der Waals surface area contributed by atoms with Gasteiger partial charge in [-0.3, -0.25) is 14.4 Å². The van der Waals surface area contributed by atoms with Crippen LogP contribution in [0.5, 0.6) is 0 Å². The van der Waals surface area contributed by atoms with Crippen molar-refractivity contribution in [2.75, 3.05) is 24.6 Å². The molecule has 0 spiro atoms. The smallest absolute Gasteiger partial charge is 0.303 e. The molecule has 0 radical (unpaired) electrons. The number of aldehydes is 1. The van der Waals surface area contributed by atoms with Crippen molar-refractivity contribution in [3.8, 4) is 0 Å². The van der Waals surface area contributed by atoms with Gasteiger partial charge in [-0.05, 0) is 76.1 Å². The molecule has 0 aliphatic heterocycles. The highest BCUT2D eigenvalue weighted by Gasteiger charge is 2.33. The van der Waals surface area contributed by atoms with Crippen LogP contribution < -0.4 is 10.6 Å². The number of aryl methyl sites for hydroxylation is 2. The number of nitrogens with one attached hydrogen (secondary N) is 2. The lowest BCUT2D eigenvalue weighted by molar-refractivity contribution is -0.137. The van der Waals surface area contributed by atoms with E-state index in [9.17, 15) is 36.0 Å². The van der Waals surface area contributed by atoms with Gasteiger partial charge in [-0.2, -0.15) is 0 Å². The van der Waals surface area contributed by atoms with E-state index < -0.39 is 54.9 Å². The number of carbonyl (C=O) groups is 4. The Kier molecular flexibility index (Phi) is 14.8. The Bertz CT molecular complexity index is 1710. The molecule has 1 amide bonds. The number of aliphatic carboxylic acids is 1. The van der Waals surface area contributed by atoms with E-state index in [1.165, 1.54) is 48.5 Å². The first-order valence-electron chi connectivity index (χ1n) is 16.1. The van der Waals surface area contributed by atoms with Gasteiger partial charge in [0, 0.05) is 24.1 Å². The summed E-state index contributed by atoms with van der Waals surface area (Å²) in [6.45, 7) is 4.62. The topological polar surface area (TPSA) is 181 Å². The molecule has 1 atom stereocenters. The summed E-state index contributed by atoms with van der Waals surface area (Å²) in [6, 6.07) is 17.5. The van der Waals surface area contributed by atoms with Gasteiger partial charge in [0.2, 0.25) is 0 Å². The van der Waals surface area contributed by atoms with Gasteiger partial charge in [0.05, 0.1) is 33.3 Å². The quantitative estimate of drug-likeness (QED) is 0.0816. The first-order valence-corrected chi connectivity index (χ1v) is 19.4. The number of carboxylic acids is 1. The second-order valence-electron chi connectivity index (χ2n) is 12.1. The Labute approximate surface area is 288 Å². The molecule has 13 heteroatoms. The maximum atomic E-state index is 13.7. The van der Waals surface area contributed by atoms with Crippen molar-refractivity contribution in [2.45, 2.75) is 68.2 Å². The predicted octanol–water partition coefficient (Wildman–Crippen LogP) is 4.36. The average molecular weight is 713 g/mol. The van der Waals surface area contributed by atoms with E-state index >= 15 is 0 Å². The van der Waals surface area contributed by atoms with Gasteiger partial charge < -0.3 is 20.5 Å². The maximum Gasteiger partial charge on any atom is 0.303 e. The molecule has 3 aromatic rings. The predicted molar refractivity (Wildman–Crippen MR) is 186 cm³/mol. The van der Waals surface area contributed by atoms with Crippen LogP contribution in [0.25, 0.3) is 0 Å². The standard InChI is InChI=1S/C36H44N2O9S2/c1-26-7-16-32(17-8-26)48(44,45)24-30(25-49(46,47)33-18-9-27(2)10-19-33)35(42)28-11-13-29(14-12-28)36(43)38-22-6-4-3-5-21-37-31(23-39)15-20-34(40)41/h7-14,16-19,23,30-31,37H,3-6,15,20-22,24-25H2,1-2H3,(H,38,43)(H,40,41). The van der Waals surface area contributed by atoms with E-state index in [0.717, 1.165) is 30.4 Å². The molecule has 0 aliphatic carbocycles. The zero-order chi connectivity index (χ0) is 36.0. The van der Waals surface area contributed by atoms with Crippen LogP contribution in [0.15, 0.2) is 82.6 Å². The summed E-state index contributed by atoms with van der Waals surface area (Å²) in [5.41, 5.74) is 2.08. The van der Waals surface area contributed by atoms with Gasteiger partial charge in [0.1, 0.15) is 6.29 Å². The number of benzene rings is 3. The molecule has 3 rings (SSSR count). The monoisotopic (exact) mass is 712 g/mol. The van der Waals surface area contributed by atoms with Crippen molar-refractivity contribution >= 4 is 43.6 Å². The second-order valence-corrected chi connectivity index (χ2v) is 16.2. The van der Waals surface area contributed by atoms with Crippen molar-refractivity contribution in [3.05, 3.63) is 95.1 Å². The minimum Gasteiger partial charge on any atom is -0.481 e. The molecule has 49 heavy (non-hydrogen) atoms. The number of ketones is 1. The summed E-state index contributed by atoms with van der Waals surface area (Å²) in [6.07, 6.45) is 4.07. The van der Waals surface area contributed by atoms with Crippen LogP contribution in [0.3, 0.4) is 0 Å². The second kappa shape index (κ2) is 18.5. The zero-order valence-electron chi connectivity index (χ0n) is 27.8. The Hall–Kier alpha value is -4.20.